The highest BCUT2D eigenvalue weighted by Gasteiger charge is 2.48. The fraction of sp³-hybridized carbons (Fsp3) is 0.417. The van der Waals surface area contributed by atoms with Crippen molar-refractivity contribution in [2.24, 2.45) is 5.41 Å². The molecule has 1 fully saturated rings. The van der Waals surface area contributed by atoms with E-state index in [0.29, 0.717) is 0 Å². The lowest BCUT2D eigenvalue weighted by atomic mass is 9.86. The molecule has 0 aliphatic carbocycles. The van der Waals surface area contributed by atoms with Gasteiger partial charge in [-0.2, -0.15) is 0 Å². The fourth-order valence-electron chi connectivity index (χ4n) is 1.98. The van der Waals surface area contributed by atoms with Crippen LogP contribution in [0.2, 0.25) is 5.02 Å². The number of hydrogen-bond donors (Lipinski definition) is 2. The number of ether oxygens (including phenoxy) is 1. The van der Waals surface area contributed by atoms with Gasteiger partial charge in [0.1, 0.15) is 16.1 Å². The normalized spacial score (nSPS) is 26.0. The molecule has 1 aliphatic rings. The number of rotatable bonds is 4. The largest absolute Gasteiger partial charge is 0.481 e. The average molecular weight is 338 g/mol. The molecule has 0 bridgehead atoms. The third-order valence-electron chi connectivity index (χ3n) is 3.42. The van der Waals surface area contributed by atoms with Crippen LogP contribution in [0.25, 0.3) is 0 Å². The van der Waals surface area contributed by atoms with Crippen LogP contribution in [0.15, 0.2) is 23.1 Å². The summed E-state index contributed by atoms with van der Waals surface area (Å²) in [6.45, 7) is 1.17. The van der Waals surface area contributed by atoms with Gasteiger partial charge in [-0.25, -0.2) is 17.5 Å². The maximum absolute atomic E-state index is 13.2. The standard InChI is InChI=1S/C12H13ClFNO5S/c1-12(11(16)17)6-20-5-10(12)15-21(18,19)9-4-7(14)2-3-8(9)13/h2-4,10,15H,5-6H2,1H3,(H,16,17). The SMILES string of the molecule is CC1(C(=O)O)COCC1NS(=O)(=O)c1cc(F)ccc1Cl. The van der Waals surface area contributed by atoms with Crippen molar-refractivity contribution in [3.63, 3.8) is 0 Å². The number of hydrogen-bond acceptors (Lipinski definition) is 4. The maximum atomic E-state index is 13.2. The molecule has 0 saturated carbocycles. The summed E-state index contributed by atoms with van der Waals surface area (Å²) in [6, 6.07) is 1.95. The van der Waals surface area contributed by atoms with E-state index in [1.807, 2.05) is 0 Å². The highest BCUT2D eigenvalue weighted by atomic mass is 35.5. The quantitative estimate of drug-likeness (QED) is 0.862. The van der Waals surface area contributed by atoms with Gasteiger partial charge in [0.05, 0.1) is 24.3 Å². The number of carboxylic acid groups (broad SMARTS) is 1. The minimum atomic E-state index is -4.17. The molecule has 116 valence electrons. The van der Waals surface area contributed by atoms with Gasteiger partial charge in [0.15, 0.2) is 0 Å². The van der Waals surface area contributed by atoms with E-state index in [1.165, 1.54) is 6.92 Å². The van der Waals surface area contributed by atoms with Gasteiger partial charge in [0.25, 0.3) is 0 Å². The minimum absolute atomic E-state index is 0.0883. The first-order valence-corrected chi connectivity index (χ1v) is 7.81. The predicted octanol–water partition coefficient (Wildman–Crippen LogP) is 1.25. The van der Waals surface area contributed by atoms with E-state index in [4.69, 9.17) is 16.3 Å². The molecule has 1 aromatic rings. The van der Waals surface area contributed by atoms with E-state index < -0.39 is 38.2 Å². The monoisotopic (exact) mass is 337 g/mol. The Bertz CT molecular complexity index is 680. The molecule has 2 unspecified atom stereocenters. The zero-order chi connectivity index (χ0) is 15.8. The second-order valence-electron chi connectivity index (χ2n) is 4.99. The third kappa shape index (κ3) is 3.03. The smallest absolute Gasteiger partial charge is 0.313 e. The van der Waals surface area contributed by atoms with Crippen LogP contribution in [0.5, 0.6) is 0 Å². The van der Waals surface area contributed by atoms with Crippen LogP contribution in [0.1, 0.15) is 6.92 Å². The first-order chi connectivity index (χ1) is 9.67. The highest BCUT2D eigenvalue weighted by molar-refractivity contribution is 7.89. The Kier molecular flexibility index (Phi) is 4.25. The summed E-state index contributed by atoms with van der Waals surface area (Å²) in [4.78, 5) is 10.8. The Morgan fingerprint density at radius 1 is 1.57 bits per heavy atom. The molecule has 1 heterocycles. The zero-order valence-corrected chi connectivity index (χ0v) is 12.5. The first kappa shape index (κ1) is 16.2. The summed E-state index contributed by atoms with van der Waals surface area (Å²) in [5.41, 5.74) is -1.40. The van der Waals surface area contributed by atoms with Crippen LogP contribution < -0.4 is 4.72 Å². The first-order valence-electron chi connectivity index (χ1n) is 5.95. The lowest BCUT2D eigenvalue weighted by Crippen LogP contribution is -2.49. The second kappa shape index (κ2) is 5.53. The Balaban J connectivity index is 2.34. The van der Waals surface area contributed by atoms with Gasteiger partial charge in [0, 0.05) is 0 Å². The molecule has 0 aromatic heterocycles. The molecule has 1 aliphatic heterocycles. The topological polar surface area (TPSA) is 92.7 Å². The summed E-state index contributed by atoms with van der Waals surface area (Å²) in [5.74, 6) is -1.94. The molecular weight excluding hydrogens is 325 g/mol. The summed E-state index contributed by atoms with van der Waals surface area (Å²) < 4.78 is 45.0. The third-order valence-corrected chi connectivity index (χ3v) is 5.38. The Morgan fingerprint density at radius 3 is 2.86 bits per heavy atom. The van der Waals surface area contributed by atoms with Gasteiger partial charge in [-0.3, -0.25) is 4.79 Å². The zero-order valence-electron chi connectivity index (χ0n) is 11.0. The second-order valence-corrected chi connectivity index (χ2v) is 7.08. The molecule has 0 amide bonds. The van der Waals surface area contributed by atoms with Crippen molar-refractivity contribution in [2.75, 3.05) is 13.2 Å². The minimum Gasteiger partial charge on any atom is -0.481 e. The van der Waals surface area contributed by atoms with Crippen molar-refractivity contribution in [2.45, 2.75) is 17.9 Å². The van der Waals surface area contributed by atoms with Crippen LogP contribution in [-0.4, -0.2) is 38.7 Å². The van der Waals surface area contributed by atoms with Crippen LogP contribution >= 0.6 is 11.6 Å². The van der Waals surface area contributed by atoms with Gasteiger partial charge >= 0.3 is 5.97 Å². The van der Waals surface area contributed by atoms with Crippen LogP contribution in [-0.2, 0) is 19.6 Å². The molecule has 0 spiro atoms. The summed E-state index contributed by atoms with van der Waals surface area (Å²) >= 11 is 5.77. The fourth-order valence-corrected chi connectivity index (χ4v) is 3.83. The number of carboxylic acids is 1. The molecule has 6 nitrogen and oxygen atoms in total. The Labute approximate surface area is 125 Å². The van der Waals surface area contributed by atoms with Gasteiger partial charge in [0.2, 0.25) is 10.0 Å². The summed E-state index contributed by atoms with van der Waals surface area (Å²) in [7, 11) is -4.17. The van der Waals surface area contributed by atoms with Crippen LogP contribution in [0.4, 0.5) is 4.39 Å². The predicted molar refractivity (Wildman–Crippen MR) is 72.1 cm³/mol. The van der Waals surface area contributed by atoms with Gasteiger partial charge in [-0.05, 0) is 25.1 Å². The average Bonchev–Trinajstić information content (AvgIpc) is 2.74. The van der Waals surface area contributed by atoms with E-state index in [9.17, 15) is 22.7 Å². The van der Waals surface area contributed by atoms with Gasteiger partial charge in [-0.1, -0.05) is 11.6 Å². The summed E-state index contributed by atoms with van der Waals surface area (Å²) in [5, 5.41) is 9.06. The maximum Gasteiger partial charge on any atom is 0.313 e. The van der Waals surface area contributed by atoms with E-state index >= 15 is 0 Å². The lowest BCUT2D eigenvalue weighted by Gasteiger charge is -2.25. The number of halogens is 2. The van der Waals surface area contributed by atoms with Crippen molar-refractivity contribution < 1.29 is 27.4 Å². The van der Waals surface area contributed by atoms with Gasteiger partial charge in [-0.15, -0.1) is 0 Å². The van der Waals surface area contributed by atoms with Crippen molar-refractivity contribution in [3.05, 3.63) is 29.0 Å². The molecule has 9 heteroatoms. The van der Waals surface area contributed by atoms with E-state index in [0.717, 1.165) is 18.2 Å². The number of aliphatic carboxylic acids is 1. The number of benzene rings is 1. The molecule has 1 aromatic carbocycles. The Hall–Kier alpha value is -1.22. The number of sulfonamides is 1. The van der Waals surface area contributed by atoms with Crippen molar-refractivity contribution >= 4 is 27.6 Å². The molecule has 1 saturated heterocycles. The highest BCUT2D eigenvalue weighted by Crippen LogP contribution is 2.31. The van der Waals surface area contributed by atoms with E-state index in [2.05, 4.69) is 4.72 Å². The van der Waals surface area contributed by atoms with E-state index in [-0.39, 0.29) is 18.2 Å². The summed E-state index contributed by atoms with van der Waals surface area (Å²) in [6.07, 6.45) is 0. The lowest BCUT2D eigenvalue weighted by molar-refractivity contribution is -0.148. The molecule has 2 atom stereocenters. The molecule has 2 rings (SSSR count). The van der Waals surface area contributed by atoms with Gasteiger partial charge < -0.3 is 9.84 Å². The molecule has 0 radical (unpaired) electrons. The van der Waals surface area contributed by atoms with Crippen molar-refractivity contribution in [3.8, 4) is 0 Å². The molecule has 2 N–H and O–H groups in total. The van der Waals surface area contributed by atoms with Crippen molar-refractivity contribution in [1.29, 1.82) is 0 Å². The number of nitrogens with one attached hydrogen (secondary N) is 1. The Morgan fingerprint density at radius 2 is 2.24 bits per heavy atom. The van der Waals surface area contributed by atoms with Crippen molar-refractivity contribution in [1.82, 2.24) is 4.72 Å². The molecular formula is C12H13ClFNO5S. The van der Waals surface area contributed by atoms with Crippen LogP contribution in [0, 0.1) is 11.2 Å². The number of carbonyl (C=O) groups is 1. The van der Waals surface area contributed by atoms with E-state index in [1.54, 1.807) is 0 Å². The molecule has 21 heavy (non-hydrogen) atoms. The van der Waals surface area contributed by atoms with Crippen LogP contribution in [0.3, 0.4) is 0 Å².